The highest BCUT2D eigenvalue weighted by atomic mass is 19.1. The highest BCUT2D eigenvalue weighted by Crippen LogP contribution is 2.19. The zero-order valence-corrected chi connectivity index (χ0v) is 14.7. The van der Waals surface area contributed by atoms with Crippen LogP contribution in [0.4, 0.5) is 4.39 Å². The Labute approximate surface area is 146 Å². The number of hydrogen-bond acceptors (Lipinski definition) is 5. The molecule has 0 radical (unpaired) electrons. The quantitative estimate of drug-likeness (QED) is 0.798. The van der Waals surface area contributed by atoms with Crippen LogP contribution in [0, 0.1) is 0 Å². The molecule has 0 fully saturated rings. The molecular formula is C18H23FN2O4. The summed E-state index contributed by atoms with van der Waals surface area (Å²) in [6.07, 6.45) is 2.86. The van der Waals surface area contributed by atoms with Gasteiger partial charge >= 0.3 is 5.97 Å². The molecule has 0 unspecified atom stereocenters. The summed E-state index contributed by atoms with van der Waals surface area (Å²) in [6.45, 7) is 5.91. The molecule has 0 saturated carbocycles. The molecule has 0 aromatic carbocycles. The van der Waals surface area contributed by atoms with Crippen LogP contribution in [0.3, 0.4) is 0 Å². The van der Waals surface area contributed by atoms with Gasteiger partial charge in [0, 0.05) is 13.0 Å². The second-order valence-corrected chi connectivity index (χ2v) is 6.83. The average molecular weight is 350 g/mol. The van der Waals surface area contributed by atoms with E-state index in [-0.39, 0.29) is 31.3 Å². The normalized spacial score (nSPS) is 14.6. The minimum absolute atomic E-state index is 0.00591. The number of carbonyl (C=O) groups is 2. The van der Waals surface area contributed by atoms with Crippen LogP contribution in [-0.2, 0) is 16.0 Å². The van der Waals surface area contributed by atoms with Crippen LogP contribution < -0.4 is 10.1 Å². The van der Waals surface area contributed by atoms with Gasteiger partial charge in [-0.1, -0.05) is 0 Å². The lowest BCUT2D eigenvalue weighted by atomic mass is 10.1. The van der Waals surface area contributed by atoms with Crippen molar-refractivity contribution in [3.05, 3.63) is 35.4 Å². The molecule has 0 atom stereocenters. The Morgan fingerprint density at radius 2 is 2.16 bits per heavy atom. The summed E-state index contributed by atoms with van der Waals surface area (Å²) < 4.78 is 23.7. The second-order valence-electron chi connectivity index (χ2n) is 6.83. The van der Waals surface area contributed by atoms with Crippen molar-refractivity contribution < 1.29 is 23.5 Å². The average Bonchev–Trinajstić information content (AvgIpc) is 2.53. The molecule has 1 aliphatic heterocycles. The van der Waals surface area contributed by atoms with Crippen LogP contribution >= 0.6 is 0 Å². The van der Waals surface area contributed by atoms with E-state index >= 15 is 0 Å². The molecule has 6 nitrogen and oxygen atoms in total. The van der Waals surface area contributed by atoms with Gasteiger partial charge in [0.2, 0.25) is 0 Å². The van der Waals surface area contributed by atoms with E-state index < -0.39 is 5.60 Å². The summed E-state index contributed by atoms with van der Waals surface area (Å²) >= 11 is 0. The van der Waals surface area contributed by atoms with Crippen molar-refractivity contribution >= 4 is 11.9 Å². The van der Waals surface area contributed by atoms with Gasteiger partial charge < -0.3 is 14.8 Å². The zero-order valence-electron chi connectivity index (χ0n) is 14.7. The maximum absolute atomic E-state index is 13.0. The Balaban J connectivity index is 1.87. The van der Waals surface area contributed by atoms with E-state index in [1.165, 1.54) is 6.20 Å². The molecule has 1 N–H and O–H groups in total. The van der Waals surface area contributed by atoms with Crippen molar-refractivity contribution in [2.24, 2.45) is 0 Å². The number of carbonyl (C=O) groups excluding carboxylic acids is 2. The lowest BCUT2D eigenvalue weighted by molar-refractivity contribution is -0.154. The smallest absolute Gasteiger partial charge is 0.306 e. The summed E-state index contributed by atoms with van der Waals surface area (Å²) in [5.74, 6) is -0.118. The number of rotatable bonds is 6. The largest absolute Gasteiger partial charge is 0.488 e. The van der Waals surface area contributed by atoms with Crippen LogP contribution in [0.25, 0.3) is 0 Å². The van der Waals surface area contributed by atoms with Gasteiger partial charge in [-0.25, -0.2) is 9.37 Å². The first-order valence-electron chi connectivity index (χ1n) is 8.18. The lowest BCUT2D eigenvalue weighted by Gasteiger charge is -2.19. The van der Waals surface area contributed by atoms with Crippen molar-refractivity contribution in [3.8, 4) is 5.75 Å². The molecule has 0 spiro atoms. The summed E-state index contributed by atoms with van der Waals surface area (Å²) in [5, 5.41) is 2.72. The Bertz CT molecular complexity index is 680. The summed E-state index contributed by atoms with van der Waals surface area (Å²) in [6, 6.07) is 1.74. The molecule has 1 aromatic rings. The SMILES string of the molecule is CC(C)(C)OC(=O)CC/C(=C\F)COc1cnc2c(c1)CCNC2=O. The van der Waals surface area contributed by atoms with Gasteiger partial charge in [-0.2, -0.15) is 0 Å². The fourth-order valence-corrected chi connectivity index (χ4v) is 2.35. The third kappa shape index (κ3) is 5.85. The van der Waals surface area contributed by atoms with Crippen molar-refractivity contribution in [2.45, 2.75) is 45.6 Å². The number of amides is 1. The first-order valence-corrected chi connectivity index (χ1v) is 8.18. The minimum atomic E-state index is -0.561. The zero-order chi connectivity index (χ0) is 18.4. The van der Waals surface area contributed by atoms with Gasteiger partial charge in [0.1, 0.15) is 23.7 Å². The highest BCUT2D eigenvalue weighted by molar-refractivity contribution is 5.94. The molecule has 136 valence electrons. The number of esters is 1. The molecule has 25 heavy (non-hydrogen) atoms. The first kappa shape index (κ1) is 18.9. The fraction of sp³-hybridized carbons (Fsp3) is 0.500. The van der Waals surface area contributed by atoms with Crippen LogP contribution in [0.2, 0.25) is 0 Å². The first-order chi connectivity index (χ1) is 11.8. The molecule has 0 saturated heterocycles. The van der Waals surface area contributed by atoms with E-state index in [9.17, 15) is 14.0 Å². The number of ether oxygens (including phenoxy) is 2. The van der Waals surface area contributed by atoms with E-state index in [1.807, 2.05) is 0 Å². The third-order valence-electron chi connectivity index (χ3n) is 3.49. The Kier molecular flexibility index (Phi) is 6.12. The molecule has 7 heteroatoms. The van der Waals surface area contributed by atoms with E-state index in [1.54, 1.807) is 26.8 Å². The van der Waals surface area contributed by atoms with E-state index in [0.717, 1.165) is 5.56 Å². The van der Waals surface area contributed by atoms with Gasteiger partial charge in [-0.15, -0.1) is 0 Å². The number of halogens is 1. The fourth-order valence-electron chi connectivity index (χ4n) is 2.35. The Morgan fingerprint density at radius 3 is 2.84 bits per heavy atom. The number of nitrogens with zero attached hydrogens (tertiary/aromatic N) is 1. The van der Waals surface area contributed by atoms with Gasteiger partial charge in [-0.3, -0.25) is 9.59 Å². The summed E-state index contributed by atoms with van der Waals surface area (Å²) in [4.78, 5) is 27.4. The van der Waals surface area contributed by atoms with Gasteiger partial charge in [0.15, 0.2) is 0 Å². The molecular weight excluding hydrogens is 327 g/mol. The van der Waals surface area contributed by atoms with Crippen LogP contribution in [-0.4, -0.2) is 35.6 Å². The van der Waals surface area contributed by atoms with Gasteiger partial charge in [0.25, 0.3) is 5.91 Å². The minimum Gasteiger partial charge on any atom is -0.488 e. The van der Waals surface area contributed by atoms with Crippen LogP contribution in [0.15, 0.2) is 24.2 Å². The van der Waals surface area contributed by atoms with Gasteiger partial charge in [-0.05, 0) is 50.8 Å². The molecule has 1 amide bonds. The van der Waals surface area contributed by atoms with Crippen molar-refractivity contribution in [1.29, 1.82) is 0 Å². The summed E-state index contributed by atoms with van der Waals surface area (Å²) in [5.41, 5.74) is 0.987. The maximum atomic E-state index is 13.0. The van der Waals surface area contributed by atoms with E-state index in [4.69, 9.17) is 9.47 Å². The molecule has 2 rings (SSSR count). The van der Waals surface area contributed by atoms with E-state index in [2.05, 4.69) is 10.3 Å². The van der Waals surface area contributed by atoms with Gasteiger partial charge in [0.05, 0.1) is 12.5 Å². The number of hydrogen-bond donors (Lipinski definition) is 1. The Hall–Kier alpha value is -2.44. The monoisotopic (exact) mass is 350 g/mol. The maximum Gasteiger partial charge on any atom is 0.306 e. The number of nitrogens with one attached hydrogen (secondary N) is 1. The molecule has 0 aliphatic carbocycles. The molecule has 1 aromatic heterocycles. The van der Waals surface area contributed by atoms with E-state index in [0.29, 0.717) is 36.3 Å². The van der Waals surface area contributed by atoms with Crippen LogP contribution in [0.5, 0.6) is 5.75 Å². The highest BCUT2D eigenvalue weighted by Gasteiger charge is 2.19. The second kappa shape index (κ2) is 8.09. The molecule has 1 aliphatic rings. The predicted octanol–water partition coefficient (Wildman–Crippen LogP) is 2.72. The third-order valence-corrected chi connectivity index (χ3v) is 3.49. The lowest BCUT2D eigenvalue weighted by Crippen LogP contribution is -2.32. The Morgan fingerprint density at radius 1 is 1.40 bits per heavy atom. The number of fused-ring (bicyclic) bond motifs is 1. The van der Waals surface area contributed by atoms with Crippen LogP contribution in [0.1, 0.15) is 49.7 Å². The molecule has 2 heterocycles. The van der Waals surface area contributed by atoms with Crippen molar-refractivity contribution in [3.63, 3.8) is 0 Å². The summed E-state index contributed by atoms with van der Waals surface area (Å²) in [7, 11) is 0. The van der Waals surface area contributed by atoms with Crippen molar-refractivity contribution in [1.82, 2.24) is 10.3 Å². The number of pyridine rings is 1. The topological polar surface area (TPSA) is 77.5 Å². The van der Waals surface area contributed by atoms with Crippen molar-refractivity contribution in [2.75, 3.05) is 13.2 Å². The predicted molar refractivity (Wildman–Crippen MR) is 90.0 cm³/mol. The number of aromatic nitrogens is 1. The standard InChI is InChI=1S/C18H23FN2O4/c1-18(2,3)25-15(22)5-4-12(9-19)11-24-14-8-13-6-7-20-17(23)16(13)21-10-14/h8-10H,4-7,11H2,1-3H3,(H,20,23)/b12-9+. The molecule has 0 bridgehead atoms.